The molecule has 0 N–H and O–H groups in total. The maximum Gasteiger partial charge on any atom is 0.137 e. The third kappa shape index (κ3) is 6.68. The van der Waals surface area contributed by atoms with Crippen molar-refractivity contribution in [1.29, 1.82) is 0 Å². The molecule has 0 aliphatic carbocycles. The van der Waals surface area contributed by atoms with Gasteiger partial charge in [-0.05, 0) is 99.8 Å². The van der Waals surface area contributed by atoms with Crippen LogP contribution in [0, 0.1) is 0 Å². The second-order valence-electron chi connectivity index (χ2n) is 18.3. The number of ether oxygens (including phenoxy) is 1. The Bertz CT molecular complexity index is 2800. The summed E-state index contributed by atoms with van der Waals surface area (Å²) in [5.74, 6) is 2.45. The average Bonchev–Trinajstić information content (AvgIpc) is 3.76. The molecule has 3 heterocycles. The van der Waals surface area contributed by atoms with Crippen molar-refractivity contribution in [2.75, 3.05) is 16.5 Å². The molecular formula is C53H52N4O. The molecule has 6 aromatic carbocycles. The van der Waals surface area contributed by atoms with E-state index in [1.807, 2.05) is 12.3 Å². The Morgan fingerprint density at radius 2 is 1.03 bits per heavy atom. The summed E-state index contributed by atoms with van der Waals surface area (Å²) in [6, 6.07) is 54.6. The van der Waals surface area contributed by atoms with Gasteiger partial charge in [0.15, 0.2) is 0 Å². The van der Waals surface area contributed by atoms with Gasteiger partial charge in [-0.2, -0.15) is 0 Å². The summed E-state index contributed by atoms with van der Waals surface area (Å²) in [6.45, 7) is 18.9. The van der Waals surface area contributed by atoms with E-state index in [4.69, 9.17) is 9.72 Å². The zero-order chi connectivity index (χ0) is 40.4. The molecule has 0 bridgehead atoms. The maximum atomic E-state index is 6.77. The van der Waals surface area contributed by atoms with E-state index in [0.717, 1.165) is 39.4 Å². The number of para-hydroxylation sites is 2. The monoisotopic (exact) mass is 760 g/mol. The van der Waals surface area contributed by atoms with E-state index in [1.165, 1.54) is 44.7 Å². The van der Waals surface area contributed by atoms with Crippen LogP contribution in [0.4, 0.5) is 22.7 Å². The predicted molar refractivity (Wildman–Crippen MR) is 243 cm³/mol. The van der Waals surface area contributed by atoms with E-state index < -0.39 is 0 Å². The lowest BCUT2D eigenvalue weighted by molar-refractivity contribution is 0.483. The summed E-state index contributed by atoms with van der Waals surface area (Å²) in [7, 11) is 0. The van der Waals surface area contributed by atoms with Gasteiger partial charge in [-0.15, -0.1) is 0 Å². The van der Waals surface area contributed by atoms with E-state index in [1.54, 1.807) is 0 Å². The second-order valence-corrected chi connectivity index (χ2v) is 18.3. The van der Waals surface area contributed by atoms with Gasteiger partial charge >= 0.3 is 0 Å². The third-order valence-electron chi connectivity index (χ3n) is 11.9. The van der Waals surface area contributed by atoms with Crippen molar-refractivity contribution >= 4 is 44.6 Å². The SMILES string of the molecule is CC(C)(C)c1cccc(N2CN(c3cccc(Oc4ccc5c6ccc(C(C)(C)c7ccccc7)cc6n(-c6cc(C(C)(C)C)ccn6)c5c4)c3)c3ccccc32)c1. The molecule has 0 spiro atoms. The minimum Gasteiger partial charge on any atom is -0.457 e. The molecule has 58 heavy (non-hydrogen) atoms. The number of fused-ring (bicyclic) bond motifs is 4. The highest BCUT2D eigenvalue weighted by Gasteiger charge is 2.29. The summed E-state index contributed by atoms with van der Waals surface area (Å²) in [5.41, 5.74) is 11.7. The van der Waals surface area contributed by atoms with Crippen molar-refractivity contribution < 1.29 is 4.74 Å². The smallest absolute Gasteiger partial charge is 0.137 e. The summed E-state index contributed by atoms with van der Waals surface area (Å²) < 4.78 is 9.08. The van der Waals surface area contributed by atoms with Crippen LogP contribution in [0.2, 0.25) is 0 Å². The molecule has 290 valence electrons. The summed E-state index contributed by atoms with van der Waals surface area (Å²) >= 11 is 0. The Labute approximate surface area is 343 Å². The molecule has 5 heteroatoms. The fourth-order valence-electron chi connectivity index (χ4n) is 8.37. The number of hydrogen-bond donors (Lipinski definition) is 0. The Hall–Kier alpha value is -6.33. The minimum atomic E-state index is -0.194. The van der Waals surface area contributed by atoms with Crippen LogP contribution >= 0.6 is 0 Å². The number of anilines is 4. The van der Waals surface area contributed by atoms with Gasteiger partial charge in [0.25, 0.3) is 0 Å². The first-order chi connectivity index (χ1) is 27.8. The maximum absolute atomic E-state index is 6.77. The number of benzene rings is 6. The van der Waals surface area contributed by atoms with Gasteiger partial charge in [0, 0.05) is 45.9 Å². The first-order valence-corrected chi connectivity index (χ1v) is 20.4. The van der Waals surface area contributed by atoms with Gasteiger partial charge in [0.1, 0.15) is 24.0 Å². The minimum absolute atomic E-state index is 0.0282. The highest BCUT2D eigenvalue weighted by Crippen LogP contribution is 2.46. The quantitative estimate of drug-likeness (QED) is 0.162. The lowest BCUT2D eigenvalue weighted by Gasteiger charge is -2.26. The van der Waals surface area contributed by atoms with Crippen molar-refractivity contribution in [3.8, 4) is 17.3 Å². The van der Waals surface area contributed by atoms with Crippen LogP contribution in [0.25, 0.3) is 27.6 Å². The third-order valence-corrected chi connectivity index (χ3v) is 11.9. The van der Waals surface area contributed by atoms with Crippen LogP contribution in [0.5, 0.6) is 11.5 Å². The first kappa shape index (κ1) is 37.3. The molecule has 2 aromatic heterocycles. The normalized spacial score (nSPS) is 13.4. The van der Waals surface area contributed by atoms with Crippen molar-refractivity contribution in [2.45, 2.75) is 71.6 Å². The molecule has 9 rings (SSSR count). The molecule has 0 radical (unpaired) electrons. The molecule has 0 saturated carbocycles. The van der Waals surface area contributed by atoms with E-state index >= 15 is 0 Å². The molecule has 0 saturated heterocycles. The fourth-order valence-corrected chi connectivity index (χ4v) is 8.37. The van der Waals surface area contributed by atoms with Crippen LogP contribution in [0.1, 0.15) is 77.6 Å². The lowest BCUT2D eigenvalue weighted by atomic mass is 9.78. The zero-order valence-corrected chi connectivity index (χ0v) is 34.9. The number of hydrogen-bond acceptors (Lipinski definition) is 4. The number of pyridine rings is 1. The molecule has 1 aliphatic rings. The van der Waals surface area contributed by atoms with E-state index in [2.05, 4.69) is 215 Å². The predicted octanol–water partition coefficient (Wildman–Crippen LogP) is 14.1. The highest BCUT2D eigenvalue weighted by molar-refractivity contribution is 6.09. The number of aromatic nitrogens is 2. The molecule has 1 aliphatic heterocycles. The van der Waals surface area contributed by atoms with Crippen LogP contribution in [0.3, 0.4) is 0 Å². The van der Waals surface area contributed by atoms with Crippen molar-refractivity contribution in [3.63, 3.8) is 0 Å². The van der Waals surface area contributed by atoms with E-state index in [0.29, 0.717) is 6.67 Å². The second kappa shape index (κ2) is 13.9. The molecule has 5 nitrogen and oxygen atoms in total. The zero-order valence-electron chi connectivity index (χ0n) is 34.9. The van der Waals surface area contributed by atoms with Gasteiger partial charge in [-0.25, -0.2) is 4.98 Å². The molecule has 0 unspecified atom stereocenters. The van der Waals surface area contributed by atoms with Crippen LogP contribution in [-0.2, 0) is 16.2 Å². The molecule has 0 fully saturated rings. The Morgan fingerprint density at radius 3 is 1.72 bits per heavy atom. The topological polar surface area (TPSA) is 33.5 Å². The number of rotatable bonds is 7. The van der Waals surface area contributed by atoms with Crippen molar-refractivity contribution in [2.24, 2.45) is 0 Å². The van der Waals surface area contributed by atoms with E-state index in [9.17, 15) is 0 Å². The largest absolute Gasteiger partial charge is 0.457 e. The fraction of sp³-hybridized carbons (Fsp3) is 0.226. The highest BCUT2D eigenvalue weighted by atomic mass is 16.5. The van der Waals surface area contributed by atoms with Gasteiger partial charge < -0.3 is 14.5 Å². The average molecular weight is 761 g/mol. The molecular weight excluding hydrogens is 709 g/mol. The Morgan fingerprint density at radius 1 is 0.466 bits per heavy atom. The standard InChI is InChI=1S/C53H52N4O/c1-51(2,3)37-18-14-19-40(30-37)55-35-56(47-23-13-12-22-46(47)55)41-20-15-21-42(33-41)58-43-25-27-45-44-26-24-39(53(7,8)36-16-10-9-11-17-36)31-48(44)57(49(45)34-43)50-32-38(28-29-54-50)52(4,5)6/h9-34H,35H2,1-8H3. The van der Waals surface area contributed by atoms with Crippen LogP contribution in [-0.4, -0.2) is 16.2 Å². The Kier molecular flexibility index (Phi) is 8.96. The van der Waals surface area contributed by atoms with Crippen molar-refractivity contribution in [3.05, 3.63) is 180 Å². The van der Waals surface area contributed by atoms with Gasteiger partial charge in [0.05, 0.1) is 22.4 Å². The lowest BCUT2D eigenvalue weighted by Crippen LogP contribution is -2.24. The van der Waals surface area contributed by atoms with Gasteiger partial charge in [-0.3, -0.25) is 4.57 Å². The Balaban J connectivity index is 1.11. The first-order valence-electron chi connectivity index (χ1n) is 20.4. The molecule has 0 amide bonds. The molecule has 0 atom stereocenters. The van der Waals surface area contributed by atoms with E-state index in [-0.39, 0.29) is 16.2 Å². The van der Waals surface area contributed by atoms with Crippen molar-refractivity contribution in [1.82, 2.24) is 9.55 Å². The summed E-state index contributed by atoms with van der Waals surface area (Å²) in [4.78, 5) is 9.76. The van der Waals surface area contributed by atoms with Gasteiger partial charge in [-0.1, -0.05) is 128 Å². The van der Waals surface area contributed by atoms with Crippen LogP contribution < -0.4 is 14.5 Å². The van der Waals surface area contributed by atoms with Crippen LogP contribution in [0.15, 0.2) is 158 Å². The number of nitrogens with zero attached hydrogens (tertiary/aromatic N) is 4. The summed E-state index contributed by atoms with van der Waals surface area (Å²) in [6.07, 6.45) is 1.94. The molecule has 8 aromatic rings. The summed E-state index contributed by atoms with van der Waals surface area (Å²) in [5, 5.41) is 2.34. The van der Waals surface area contributed by atoms with Gasteiger partial charge in [0.2, 0.25) is 0 Å².